The highest BCUT2D eigenvalue weighted by Gasteiger charge is 2.32. The fraction of sp³-hybridized carbons (Fsp3) is 0.0833. The first-order valence-electron chi connectivity index (χ1n) is 4.62. The Balaban J connectivity index is 1.84. The molecule has 0 amide bonds. The molecule has 1 atom stereocenters. The lowest BCUT2D eigenvalue weighted by Gasteiger charge is -1.92. The van der Waals surface area contributed by atoms with Crippen molar-refractivity contribution in [2.75, 3.05) is 0 Å². The molecular formula is C12H9NO. The lowest BCUT2D eigenvalue weighted by atomic mass is 10.1. The largest absolute Gasteiger partial charge is 0.467 e. The van der Waals surface area contributed by atoms with Crippen LogP contribution in [0.25, 0.3) is 0 Å². The van der Waals surface area contributed by atoms with Gasteiger partial charge in [0, 0.05) is 0 Å². The summed E-state index contributed by atoms with van der Waals surface area (Å²) in [4.78, 5) is 4.39. The van der Waals surface area contributed by atoms with Crippen molar-refractivity contribution in [3.8, 4) is 0 Å². The maximum Gasteiger partial charge on any atom is 0.150 e. The van der Waals surface area contributed by atoms with Gasteiger partial charge in [0.1, 0.15) is 11.8 Å². The van der Waals surface area contributed by atoms with Crippen LogP contribution in [-0.4, -0.2) is 5.71 Å². The minimum Gasteiger partial charge on any atom is -0.467 e. The number of nitrogens with zero attached hydrogens (tertiary/aromatic N) is 1. The first-order valence-corrected chi connectivity index (χ1v) is 4.62. The van der Waals surface area contributed by atoms with E-state index in [1.54, 1.807) is 6.26 Å². The lowest BCUT2D eigenvalue weighted by Crippen LogP contribution is -1.90. The van der Waals surface area contributed by atoms with Crippen molar-refractivity contribution in [2.45, 2.75) is 6.04 Å². The summed E-state index contributed by atoms with van der Waals surface area (Å²) in [6.45, 7) is 0. The average Bonchev–Trinajstić information content (AvgIpc) is 2.87. The van der Waals surface area contributed by atoms with Gasteiger partial charge in [-0.05, 0) is 17.7 Å². The Kier molecular flexibility index (Phi) is 1.53. The number of furan rings is 1. The maximum atomic E-state index is 5.29. The standard InChI is InChI=1S/C12H9NO/c1-2-5-9(6-3-1)11-12(13-11)10-7-4-8-14-10/h1-8,12H. The van der Waals surface area contributed by atoms with Crippen LogP contribution in [0.5, 0.6) is 0 Å². The molecule has 2 aromatic rings. The van der Waals surface area contributed by atoms with Gasteiger partial charge in [-0.15, -0.1) is 0 Å². The summed E-state index contributed by atoms with van der Waals surface area (Å²) < 4.78 is 5.29. The molecule has 1 aromatic carbocycles. The molecule has 0 bridgehead atoms. The Bertz CT molecular complexity index is 456. The van der Waals surface area contributed by atoms with E-state index in [4.69, 9.17) is 4.42 Å². The molecule has 0 saturated heterocycles. The third kappa shape index (κ3) is 1.16. The smallest absolute Gasteiger partial charge is 0.150 e. The van der Waals surface area contributed by atoms with E-state index in [1.807, 2.05) is 30.3 Å². The Morgan fingerprint density at radius 3 is 2.57 bits per heavy atom. The van der Waals surface area contributed by atoms with Gasteiger partial charge in [-0.2, -0.15) is 0 Å². The molecule has 1 aliphatic heterocycles. The predicted molar refractivity (Wildman–Crippen MR) is 54.4 cm³/mol. The monoisotopic (exact) mass is 183 g/mol. The molecule has 2 nitrogen and oxygen atoms in total. The molecule has 1 aromatic heterocycles. The van der Waals surface area contributed by atoms with Crippen LogP contribution in [-0.2, 0) is 0 Å². The first-order chi connectivity index (χ1) is 6.95. The summed E-state index contributed by atoms with van der Waals surface area (Å²) in [6, 6.07) is 14.2. The van der Waals surface area contributed by atoms with Crippen molar-refractivity contribution in [1.82, 2.24) is 0 Å². The van der Waals surface area contributed by atoms with E-state index in [9.17, 15) is 0 Å². The third-order valence-electron chi connectivity index (χ3n) is 2.34. The molecule has 14 heavy (non-hydrogen) atoms. The molecule has 0 radical (unpaired) electrons. The van der Waals surface area contributed by atoms with Gasteiger partial charge in [0.2, 0.25) is 0 Å². The normalized spacial score (nSPS) is 19.1. The van der Waals surface area contributed by atoms with E-state index in [0.29, 0.717) is 0 Å². The molecule has 0 N–H and O–H groups in total. The molecule has 0 aliphatic carbocycles. The van der Waals surface area contributed by atoms with Crippen LogP contribution in [0, 0.1) is 0 Å². The molecule has 0 spiro atoms. The van der Waals surface area contributed by atoms with Crippen molar-refractivity contribution < 1.29 is 4.42 Å². The van der Waals surface area contributed by atoms with Crippen molar-refractivity contribution in [3.63, 3.8) is 0 Å². The Morgan fingerprint density at radius 2 is 1.86 bits per heavy atom. The second-order valence-corrected chi connectivity index (χ2v) is 3.30. The van der Waals surface area contributed by atoms with Crippen LogP contribution in [0.1, 0.15) is 17.4 Å². The van der Waals surface area contributed by atoms with Crippen LogP contribution >= 0.6 is 0 Å². The van der Waals surface area contributed by atoms with Crippen LogP contribution in [0.3, 0.4) is 0 Å². The second kappa shape index (κ2) is 2.84. The van der Waals surface area contributed by atoms with Gasteiger partial charge in [0.25, 0.3) is 0 Å². The van der Waals surface area contributed by atoms with Crippen molar-refractivity contribution in [2.24, 2.45) is 4.99 Å². The third-order valence-corrected chi connectivity index (χ3v) is 2.34. The van der Waals surface area contributed by atoms with Gasteiger partial charge in [-0.3, -0.25) is 4.99 Å². The molecule has 1 unspecified atom stereocenters. The van der Waals surface area contributed by atoms with Crippen LogP contribution in [0.2, 0.25) is 0 Å². The van der Waals surface area contributed by atoms with Gasteiger partial charge in [0.15, 0.2) is 0 Å². The molecule has 3 rings (SSSR count). The fourth-order valence-corrected chi connectivity index (χ4v) is 1.59. The van der Waals surface area contributed by atoms with Gasteiger partial charge in [-0.25, -0.2) is 0 Å². The number of hydrogen-bond donors (Lipinski definition) is 0. The SMILES string of the molecule is c1ccc(C2=NC2c2ccco2)cc1. The number of aliphatic imine (C=N–C) groups is 1. The van der Waals surface area contributed by atoms with E-state index in [1.165, 1.54) is 5.56 Å². The zero-order valence-electron chi connectivity index (χ0n) is 7.55. The first kappa shape index (κ1) is 7.56. The highest BCUT2D eigenvalue weighted by Crippen LogP contribution is 2.34. The molecule has 2 heterocycles. The Labute approximate surface area is 81.9 Å². The van der Waals surface area contributed by atoms with E-state index in [0.717, 1.165) is 11.5 Å². The van der Waals surface area contributed by atoms with Crippen molar-refractivity contribution in [1.29, 1.82) is 0 Å². The summed E-state index contributed by atoms with van der Waals surface area (Å²) in [5, 5.41) is 0. The molecule has 2 heteroatoms. The molecule has 0 fully saturated rings. The van der Waals surface area contributed by atoms with E-state index < -0.39 is 0 Å². The zero-order valence-corrected chi connectivity index (χ0v) is 7.55. The quantitative estimate of drug-likeness (QED) is 0.702. The van der Waals surface area contributed by atoms with Gasteiger partial charge < -0.3 is 4.42 Å². The van der Waals surface area contributed by atoms with Crippen molar-refractivity contribution >= 4 is 5.71 Å². The molecule has 0 saturated carbocycles. The van der Waals surface area contributed by atoms with E-state index >= 15 is 0 Å². The molecular weight excluding hydrogens is 174 g/mol. The molecule has 1 aliphatic rings. The zero-order chi connectivity index (χ0) is 9.38. The van der Waals surface area contributed by atoms with E-state index in [2.05, 4.69) is 17.1 Å². The summed E-state index contributed by atoms with van der Waals surface area (Å²) in [5.74, 6) is 0.934. The molecule has 68 valence electrons. The predicted octanol–water partition coefficient (Wildman–Crippen LogP) is 2.82. The average molecular weight is 183 g/mol. The van der Waals surface area contributed by atoms with Crippen LogP contribution in [0.4, 0.5) is 0 Å². The Morgan fingerprint density at radius 1 is 1.00 bits per heavy atom. The van der Waals surface area contributed by atoms with Gasteiger partial charge >= 0.3 is 0 Å². The van der Waals surface area contributed by atoms with Gasteiger partial charge in [0.05, 0.1) is 12.0 Å². The number of benzene rings is 1. The van der Waals surface area contributed by atoms with E-state index in [-0.39, 0.29) is 6.04 Å². The van der Waals surface area contributed by atoms with Crippen LogP contribution < -0.4 is 0 Å². The minimum atomic E-state index is 0.160. The number of hydrogen-bond acceptors (Lipinski definition) is 2. The van der Waals surface area contributed by atoms with Crippen molar-refractivity contribution in [3.05, 3.63) is 60.1 Å². The Hall–Kier alpha value is -1.83. The fourth-order valence-electron chi connectivity index (χ4n) is 1.59. The topological polar surface area (TPSA) is 25.5 Å². The maximum absolute atomic E-state index is 5.29. The summed E-state index contributed by atoms with van der Waals surface area (Å²) in [6.07, 6.45) is 1.69. The summed E-state index contributed by atoms with van der Waals surface area (Å²) in [7, 11) is 0. The minimum absolute atomic E-state index is 0.160. The highest BCUT2D eigenvalue weighted by atomic mass is 16.3. The van der Waals surface area contributed by atoms with Crippen LogP contribution in [0.15, 0.2) is 58.1 Å². The summed E-state index contributed by atoms with van der Waals surface area (Å²) in [5.41, 5.74) is 2.31. The number of rotatable bonds is 2. The van der Waals surface area contributed by atoms with Gasteiger partial charge in [-0.1, -0.05) is 30.3 Å². The lowest BCUT2D eigenvalue weighted by molar-refractivity contribution is 0.514. The highest BCUT2D eigenvalue weighted by molar-refractivity contribution is 6.13. The second-order valence-electron chi connectivity index (χ2n) is 3.30. The summed E-state index contributed by atoms with van der Waals surface area (Å²) >= 11 is 0.